The van der Waals surface area contributed by atoms with Gasteiger partial charge in [0, 0.05) is 13.1 Å². The maximum absolute atomic E-state index is 12.4. The predicted octanol–water partition coefficient (Wildman–Crippen LogP) is 3.21. The fourth-order valence-electron chi connectivity index (χ4n) is 2.30. The lowest BCUT2D eigenvalue weighted by Gasteiger charge is -2.22. The SMILES string of the molecule is CCCCCN(CCC(=O)OC)C(=O)COc1ccc(CC)cc1. The number of benzene rings is 1. The van der Waals surface area contributed by atoms with Crippen molar-refractivity contribution in [3.05, 3.63) is 29.8 Å². The molecule has 0 aliphatic heterocycles. The van der Waals surface area contributed by atoms with Crippen LogP contribution in [0.3, 0.4) is 0 Å². The molecule has 1 amide bonds. The predicted molar refractivity (Wildman–Crippen MR) is 94.1 cm³/mol. The van der Waals surface area contributed by atoms with E-state index in [2.05, 4.69) is 18.6 Å². The van der Waals surface area contributed by atoms with E-state index in [1.54, 1.807) is 4.90 Å². The lowest BCUT2D eigenvalue weighted by atomic mass is 10.2. The van der Waals surface area contributed by atoms with Crippen LogP contribution in [0.25, 0.3) is 0 Å². The highest BCUT2D eigenvalue weighted by Crippen LogP contribution is 2.13. The van der Waals surface area contributed by atoms with Crippen LogP contribution in [0, 0.1) is 0 Å². The summed E-state index contributed by atoms with van der Waals surface area (Å²) in [5, 5.41) is 0. The Hall–Kier alpha value is -2.04. The Kier molecular flexibility index (Phi) is 9.58. The van der Waals surface area contributed by atoms with Gasteiger partial charge in [-0.25, -0.2) is 0 Å². The van der Waals surface area contributed by atoms with Crippen molar-refractivity contribution in [1.82, 2.24) is 4.90 Å². The van der Waals surface area contributed by atoms with Crippen molar-refractivity contribution in [1.29, 1.82) is 0 Å². The molecule has 134 valence electrons. The van der Waals surface area contributed by atoms with Gasteiger partial charge >= 0.3 is 5.97 Å². The van der Waals surface area contributed by atoms with Crippen LogP contribution in [0.2, 0.25) is 0 Å². The minimum Gasteiger partial charge on any atom is -0.484 e. The molecule has 0 radical (unpaired) electrons. The molecular formula is C19H29NO4. The Bertz CT molecular complexity index is 499. The smallest absolute Gasteiger partial charge is 0.307 e. The van der Waals surface area contributed by atoms with Crippen molar-refractivity contribution in [3.8, 4) is 5.75 Å². The third kappa shape index (κ3) is 7.49. The van der Waals surface area contributed by atoms with Crippen molar-refractivity contribution in [2.24, 2.45) is 0 Å². The Morgan fingerprint density at radius 1 is 1.04 bits per heavy atom. The van der Waals surface area contributed by atoms with Gasteiger partial charge in [-0.3, -0.25) is 9.59 Å². The van der Waals surface area contributed by atoms with Crippen molar-refractivity contribution in [2.45, 2.75) is 46.0 Å². The van der Waals surface area contributed by atoms with Crippen LogP contribution >= 0.6 is 0 Å². The number of carbonyl (C=O) groups excluding carboxylic acids is 2. The van der Waals surface area contributed by atoms with Gasteiger partial charge in [-0.2, -0.15) is 0 Å². The number of methoxy groups -OCH3 is 1. The number of esters is 1. The highest BCUT2D eigenvalue weighted by Gasteiger charge is 2.15. The van der Waals surface area contributed by atoms with E-state index in [1.807, 2.05) is 24.3 Å². The monoisotopic (exact) mass is 335 g/mol. The van der Waals surface area contributed by atoms with Gasteiger partial charge in [0.05, 0.1) is 13.5 Å². The zero-order chi connectivity index (χ0) is 17.8. The molecule has 0 unspecified atom stereocenters. The molecular weight excluding hydrogens is 306 g/mol. The quantitative estimate of drug-likeness (QED) is 0.460. The summed E-state index contributed by atoms with van der Waals surface area (Å²) >= 11 is 0. The normalized spacial score (nSPS) is 10.3. The molecule has 0 saturated heterocycles. The molecule has 0 heterocycles. The van der Waals surface area contributed by atoms with Crippen molar-refractivity contribution >= 4 is 11.9 Å². The van der Waals surface area contributed by atoms with E-state index in [0.717, 1.165) is 25.7 Å². The fourth-order valence-corrected chi connectivity index (χ4v) is 2.30. The first-order valence-electron chi connectivity index (χ1n) is 8.67. The second-order valence-electron chi connectivity index (χ2n) is 5.70. The third-order valence-corrected chi connectivity index (χ3v) is 3.89. The van der Waals surface area contributed by atoms with Crippen LogP contribution in [0.4, 0.5) is 0 Å². The average molecular weight is 335 g/mol. The van der Waals surface area contributed by atoms with Crippen LogP contribution < -0.4 is 4.74 Å². The molecule has 5 heteroatoms. The molecule has 0 spiro atoms. The number of carbonyl (C=O) groups is 2. The maximum Gasteiger partial charge on any atom is 0.307 e. The second kappa shape index (κ2) is 11.5. The first-order chi connectivity index (χ1) is 11.6. The summed E-state index contributed by atoms with van der Waals surface area (Å²) in [5.41, 5.74) is 1.23. The van der Waals surface area contributed by atoms with Gasteiger partial charge in [0.15, 0.2) is 6.61 Å². The molecule has 1 rings (SSSR count). The molecule has 1 aromatic carbocycles. The second-order valence-corrected chi connectivity index (χ2v) is 5.70. The zero-order valence-corrected chi connectivity index (χ0v) is 15.0. The lowest BCUT2D eigenvalue weighted by Crippen LogP contribution is -2.37. The topological polar surface area (TPSA) is 55.8 Å². The number of rotatable bonds is 11. The van der Waals surface area contributed by atoms with E-state index in [-0.39, 0.29) is 24.9 Å². The van der Waals surface area contributed by atoms with Crippen molar-refractivity contribution < 1.29 is 19.1 Å². The van der Waals surface area contributed by atoms with E-state index >= 15 is 0 Å². The Labute approximate surface area is 144 Å². The Morgan fingerprint density at radius 2 is 1.75 bits per heavy atom. The third-order valence-electron chi connectivity index (χ3n) is 3.89. The number of unbranched alkanes of at least 4 members (excludes halogenated alkanes) is 2. The van der Waals surface area contributed by atoms with Crippen molar-refractivity contribution in [2.75, 3.05) is 26.8 Å². The number of aryl methyl sites for hydroxylation is 1. The van der Waals surface area contributed by atoms with Crippen LogP contribution in [0.15, 0.2) is 24.3 Å². The minimum absolute atomic E-state index is 0.0151. The highest BCUT2D eigenvalue weighted by atomic mass is 16.5. The molecule has 0 N–H and O–H groups in total. The van der Waals surface area contributed by atoms with E-state index < -0.39 is 0 Å². The number of ether oxygens (including phenoxy) is 2. The Balaban J connectivity index is 2.52. The minimum atomic E-state index is -0.306. The largest absolute Gasteiger partial charge is 0.484 e. The zero-order valence-electron chi connectivity index (χ0n) is 15.0. The fraction of sp³-hybridized carbons (Fsp3) is 0.579. The number of hydrogen-bond donors (Lipinski definition) is 0. The van der Waals surface area contributed by atoms with Crippen LogP contribution in [-0.4, -0.2) is 43.6 Å². The van der Waals surface area contributed by atoms with Crippen LogP contribution in [-0.2, 0) is 20.7 Å². The van der Waals surface area contributed by atoms with E-state index in [4.69, 9.17) is 4.74 Å². The summed E-state index contributed by atoms with van der Waals surface area (Å²) in [5.74, 6) is 0.274. The first kappa shape index (κ1) is 20.0. The summed E-state index contributed by atoms with van der Waals surface area (Å²) in [6.07, 6.45) is 4.24. The van der Waals surface area contributed by atoms with Gasteiger partial charge in [-0.05, 0) is 30.5 Å². The van der Waals surface area contributed by atoms with Gasteiger partial charge < -0.3 is 14.4 Å². The van der Waals surface area contributed by atoms with Crippen LogP contribution in [0.1, 0.15) is 45.1 Å². The number of hydrogen-bond acceptors (Lipinski definition) is 4. The van der Waals surface area contributed by atoms with Gasteiger partial charge in [-0.15, -0.1) is 0 Å². The lowest BCUT2D eigenvalue weighted by molar-refractivity contribution is -0.142. The maximum atomic E-state index is 12.4. The van der Waals surface area contributed by atoms with Crippen LogP contribution in [0.5, 0.6) is 5.75 Å². The van der Waals surface area contributed by atoms with Gasteiger partial charge in [0.2, 0.25) is 0 Å². The molecule has 5 nitrogen and oxygen atoms in total. The molecule has 0 fully saturated rings. The summed E-state index contributed by atoms with van der Waals surface area (Å²) in [6.45, 7) is 5.20. The highest BCUT2D eigenvalue weighted by molar-refractivity contribution is 5.78. The van der Waals surface area contributed by atoms with Gasteiger partial charge in [0.1, 0.15) is 5.75 Å². The average Bonchev–Trinajstić information content (AvgIpc) is 2.62. The molecule has 0 saturated carbocycles. The van der Waals surface area contributed by atoms with Gasteiger partial charge in [0.25, 0.3) is 5.91 Å². The number of amides is 1. The summed E-state index contributed by atoms with van der Waals surface area (Å²) < 4.78 is 10.2. The molecule has 0 aromatic heterocycles. The summed E-state index contributed by atoms with van der Waals surface area (Å²) in [7, 11) is 1.36. The molecule has 0 atom stereocenters. The molecule has 1 aromatic rings. The molecule has 24 heavy (non-hydrogen) atoms. The first-order valence-corrected chi connectivity index (χ1v) is 8.67. The van der Waals surface area contributed by atoms with E-state index in [0.29, 0.717) is 18.8 Å². The standard InChI is InChI=1S/C19H29NO4/c1-4-6-7-13-20(14-12-19(22)23-3)18(21)15-24-17-10-8-16(5-2)9-11-17/h8-11H,4-7,12-15H2,1-3H3. The molecule has 0 aliphatic rings. The Morgan fingerprint density at radius 3 is 2.33 bits per heavy atom. The molecule has 0 aliphatic carbocycles. The van der Waals surface area contributed by atoms with E-state index in [1.165, 1.54) is 12.7 Å². The van der Waals surface area contributed by atoms with Gasteiger partial charge in [-0.1, -0.05) is 38.8 Å². The summed E-state index contributed by atoms with van der Waals surface area (Å²) in [4.78, 5) is 25.4. The molecule has 0 bridgehead atoms. The number of nitrogens with zero attached hydrogens (tertiary/aromatic N) is 1. The summed E-state index contributed by atoms with van der Waals surface area (Å²) in [6, 6.07) is 7.75. The van der Waals surface area contributed by atoms with Crippen molar-refractivity contribution in [3.63, 3.8) is 0 Å². The van der Waals surface area contributed by atoms with E-state index in [9.17, 15) is 9.59 Å².